The molecule has 0 aromatic heterocycles. The third kappa shape index (κ3) is 7.30. The lowest BCUT2D eigenvalue weighted by Gasteiger charge is -2.20. The molecule has 1 rings (SSSR count). The van der Waals surface area contributed by atoms with Crippen LogP contribution in [0, 0.1) is 12.3 Å². The molecule has 0 heterocycles. The molecule has 0 spiro atoms. The smallest absolute Gasteiger partial charge is 0.0355 e. The lowest BCUT2D eigenvalue weighted by Crippen LogP contribution is -2.06. The number of unbranched alkanes of at least 4 members (excludes halogenated alkanes) is 7. The van der Waals surface area contributed by atoms with E-state index in [0.29, 0.717) is 0 Å². The Labute approximate surface area is 103 Å². The zero-order valence-corrected chi connectivity index (χ0v) is 11.3. The summed E-state index contributed by atoms with van der Waals surface area (Å²) in [4.78, 5) is 0. The molecule has 0 nitrogen and oxygen atoms in total. The van der Waals surface area contributed by atoms with Gasteiger partial charge in [0.2, 0.25) is 0 Å². The van der Waals surface area contributed by atoms with E-state index in [4.69, 9.17) is 0 Å². The Balaban J connectivity index is 1.77. The lowest BCUT2D eigenvalue weighted by molar-refractivity contribution is 0.387. The summed E-state index contributed by atoms with van der Waals surface area (Å²) in [6, 6.07) is 0. The summed E-state index contributed by atoms with van der Waals surface area (Å²) in [5.74, 6) is 0.980. The fourth-order valence-electron chi connectivity index (χ4n) is 2.82. The minimum absolute atomic E-state index is 0.980. The van der Waals surface area contributed by atoms with Crippen LogP contribution in [0.25, 0.3) is 0 Å². The van der Waals surface area contributed by atoms with Crippen LogP contribution in [0.2, 0.25) is 0 Å². The monoisotopic (exact) mass is 223 g/mol. The Kier molecular flexibility index (Phi) is 8.94. The molecular formula is C16H31. The summed E-state index contributed by atoms with van der Waals surface area (Å²) in [7, 11) is 0. The molecule has 16 heavy (non-hydrogen) atoms. The van der Waals surface area contributed by atoms with Crippen molar-refractivity contribution in [2.45, 2.75) is 90.4 Å². The summed E-state index contributed by atoms with van der Waals surface area (Å²) in [6.45, 7) is 2.29. The Morgan fingerprint density at radius 2 is 1.44 bits per heavy atom. The van der Waals surface area contributed by atoms with Crippen LogP contribution < -0.4 is 0 Å². The van der Waals surface area contributed by atoms with E-state index < -0.39 is 0 Å². The first-order valence-corrected chi connectivity index (χ1v) is 7.77. The zero-order valence-electron chi connectivity index (χ0n) is 11.3. The van der Waals surface area contributed by atoms with Gasteiger partial charge >= 0.3 is 0 Å². The normalized spacial score (nSPS) is 17.8. The second kappa shape index (κ2) is 10.2. The first kappa shape index (κ1) is 14.1. The zero-order chi connectivity index (χ0) is 11.5. The van der Waals surface area contributed by atoms with Crippen LogP contribution in [-0.2, 0) is 0 Å². The van der Waals surface area contributed by atoms with Crippen LogP contribution in [0.1, 0.15) is 90.4 Å². The molecule has 1 saturated carbocycles. The lowest BCUT2D eigenvalue weighted by atomic mass is 9.85. The van der Waals surface area contributed by atoms with E-state index in [2.05, 4.69) is 13.3 Å². The second-order valence-electron chi connectivity index (χ2n) is 5.54. The first-order valence-electron chi connectivity index (χ1n) is 7.77. The van der Waals surface area contributed by atoms with E-state index in [9.17, 15) is 0 Å². The standard InChI is InChI=1S/C16H31/c1-2-3-4-5-6-7-8-10-13-16-14-11-9-12-15-16/h13,16H,2-12,14-15H2,1H3. The highest BCUT2D eigenvalue weighted by atomic mass is 14.2. The molecule has 0 atom stereocenters. The largest absolute Gasteiger partial charge is 0.0654 e. The highest BCUT2D eigenvalue weighted by Crippen LogP contribution is 2.27. The average Bonchev–Trinajstić information content (AvgIpc) is 2.34. The fourth-order valence-corrected chi connectivity index (χ4v) is 2.82. The van der Waals surface area contributed by atoms with Crippen molar-refractivity contribution in [2.24, 2.45) is 5.92 Å². The fraction of sp³-hybridized carbons (Fsp3) is 0.938. The van der Waals surface area contributed by atoms with Gasteiger partial charge < -0.3 is 0 Å². The maximum atomic E-state index is 2.63. The van der Waals surface area contributed by atoms with Gasteiger partial charge in [-0.1, -0.05) is 84.0 Å². The Hall–Kier alpha value is 0. The molecule has 1 radical (unpaired) electrons. The molecule has 1 aliphatic rings. The molecule has 95 valence electrons. The van der Waals surface area contributed by atoms with Gasteiger partial charge in [0.1, 0.15) is 0 Å². The van der Waals surface area contributed by atoms with E-state index in [1.165, 1.54) is 83.5 Å². The summed E-state index contributed by atoms with van der Waals surface area (Å²) in [5, 5.41) is 0. The van der Waals surface area contributed by atoms with Crippen molar-refractivity contribution < 1.29 is 0 Å². The van der Waals surface area contributed by atoms with E-state index >= 15 is 0 Å². The Morgan fingerprint density at radius 3 is 2.12 bits per heavy atom. The predicted octanol–water partition coefficient (Wildman–Crippen LogP) is 5.91. The molecule has 0 bridgehead atoms. The van der Waals surface area contributed by atoms with Crippen LogP contribution in [0.3, 0.4) is 0 Å². The molecule has 1 aliphatic carbocycles. The third-order valence-electron chi connectivity index (χ3n) is 3.96. The van der Waals surface area contributed by atoms with E-state index in [1.807, 2.05) is 0 Å². The third-order valence-corrected chi connectivity index (χ3v) is 3.96. The van der Waals surface area contributed by atoms with Crippen LogP contribution in [-0.4, -0.2) is 0 Å². The molecule has 0 amide bonds. The van der Waals surface area contributed by atoms with Crippen molar-refractivity contribution in [2.75, 3.05) is 0 Å². The topological polar surface area (TPSA) is 0 Å². The molecule has 1 fully saturated rings. The van der Waals surface area contributed by atoms with Gasteiger partial charge in [-0.3, -0.25) is 0 Å². The molecule has 0 N–H and O–H groups in total. The van der Waals surface area contributed by atoms with Crippen molar-refractivity contribution in [1.29, 1.82) is 0 Å². The van der Waals surface area contributed by atoms with Crippen molar-refractivity contribution in [3.8, 4) is 0 Å². The van der Waals surface area contributed by atoms with Gasteiger partial charge in [-0.05, 0) is 18.8 Å². The number of hydrogen-bond donors (Lipinski definition) is 0. The molecule has 0 heteroatoms. The van der Waals surface area contributed by atoms with Gasteiger partial charge in [-0.15, -0.1) is 0 Å². The minimum Gasteiger partial charge on any atom is -0.0654 e. The second-order valence-corrected chi connectivity index (χ2v) is 5.54. The van der Waals surface area contributed by atoms with Crippen LogP contribution >= 0.6 is 0 Å². The van der Waals surface area contributed by atoms with Gasteiger partial charge in [0.25, 0.3) is 0 Å². The summed E-state index contributed by atoms with van der Waals surface area (Å²) in [6.07, 6.45) is 21.6. The number of rotatable bonds is 9. The maximum absolute atomic E-state index is 2.63. The van der Waals surface area contributed by atoms with Crippen molar-refractivity contribution in [1.82, 2.24) is 0 Å². The summed E-state index contributed by atoms with van der Waals surface area (Å²) < 4.78 is 0. The van der Waals surface area contributed by atoms with Crippen LogP contribution in [0.4, 0.5) is 0 Å². The molecule has 0 aromatic carbocycles. The Bertz CT molecular complexity index is 133. The van der Waals surface area contributed by atoms with Crippen molar-refractivity contribution in [3.63, 3.8) is 0 Å². The molecule has 0 unspecified atom stereocenters. The summed E-state index contributed by atoms with van der Waals surface area (Å²) in [5.41, 5.74) is 0. The average molecular weight is 223 g/mol. The van der Waals surface area contributed by atoms with Gasteiger partial charge in [0.05, 0.1) is 0 Å². The molecule has 0 saturated heterocycles. The van der Waals surface area contributed by atoms with Gasteiger partial charge in [-0.25, -0.2) is 0 Å². The van der Waals surface area contributed by atoms with Gasteiger partial charge in [0, 0.05) is 0 Å². The van der Waals surface area contributed by atoms with Crippen LogP contribution in [0.5, 0.6) is 0 Å². The highest BCUT2D eigenvalue weighted by molar-refractivity contribution is 4.78. The number of hydrogen-bond acceptors (Lipinski definition) is 0. The van der Waals surface area contributed by atoms with Crippen molar-refractivity contribution in [3.05, 3.63) is 6.42 Å². The van der Waals surface area contributed by atoms with E-state index in [0.717, 1.165) is 5.92 Å². The molecular weight excluding hydrogens is 192 g/mol. The van der Waals surface area contributed by atoms with Gasteiger partial charge in [0.15, 0.2) is 0 Å². The SMILES string of the molecule is CCCCCCCCC[CH]C1CCCCC1. The van der Waals surface area contributed by atoms with Crippen molar-refractivity contribution >= 4 is 0 Å². The maximum Gasteiger partial charge on any atom is -0.0355 e. The van der Waals surface area contributed by atoms with Gasteiger partial charge in [-0.2, -0.15) is 0 Å². The van der Waals surface area contributed by atoms with E-state index in [-0.39, 0.29) is 0 Å². The molecule has 0 aliphatic heterocycles. The quantitative estimate of drug-likeness (QED) is 0.426. The predicted molar refractivity (Wildman–Crippen MR) is 73.5 cm³/mol. The van der Waals surface area contributed by atoms with Crippen LogP contribution in [0.15, 0.2) is 0 Å². The highest BCUT2D eigenvalue weighted by Gasteiger charge is 2.12. The Morgan fingerprint density at radius 1 is 0.812 bits per heavy atom. The summed E-state index contributed by atoms with van der Waals surface area (Å²) >= 11 is 0. The van der Waals surface area contributed by atoms with E-state index in [1.54, 1.807) is 0 Å². The minimum atomic E-state index is 0.980. The molecule has 0 aromatic rings. The first-order chi connectivity index (χ1) is 7.93.